The summed E-state index contributed by atoms with van der Waals surface area (Å²) in [5, 5.41) is 0.993. The van der Waals surface area contributed by atoms with Crippen LogP contribution < -0.4 is 0 Å². The van der Waals surface area contributed by atoms with E-state index in [2.05, 4.69) is 45.7 Å². The number of hydrogen-bond acceptors (Lipinski definition) is 2. The van der Waals surface area contributed by atoms with E-state index in [0.29, 0.717) is 11.4 Å². The number of nitrogens with zero attached hydrogens (tertiary/aromatic N) is 1. The van der Waals surface area contributed by atoms with Crippen molar-refractivity contribution in [2.45, 2.75) is 46.0 Å². The molecule has 1 aromatic heterocycles. The molecule has 92 valence electrons. The van der Waals surface area contributed by atoms with Gasteiger partial charge < -0.3 is 0 Å². The van der Waals surface area contributed by atoms with E-state index >= 15 is 0 Å². The van der Waals surface area contributed by atoms with Gasteiger partial charge in [-0.25, -0.2) is 9.37 Å². The highest BCUT2D eigenvalue weighted by atomic mass is 32.1. The smallest absolute Gasteiger partial charge is 0.150 e. The van der Waals surface area contributed by atoms with Crippen molar-refractivity contribution in [1.82, 2.24) is 4.98 Å². The molecule has 3 heteroatoms. The normalized spacial score (nSPS) is 12.6. The van der Waals surface area contributed by atoms with Crippen LogP contribution in [-0.2, 0) is 5.41 Å². The van der Waals surface area contributed by atoms with Crippen molar-refractivity contribution in [1.29, 1.82) is 0 Å². The van der Waals surface area contributed by atoms with E-state index < -0.39 is 0 Å². The van der Waals surface area contributed by atoms with Crippen molar-refractivity contribution in [3.63, 3.8) is 0 Å². The molecule has 0 atom stereocenters. The van der Waals surface area contributed by atoms with Gasteiger partial charge in [0.2, 0.25) is 0 Å². The number of fused-ring (bicyclic) bond motifs is 1. The molecule has 0 unspecified atom stereocenters. The van der Waals surface area contributed by atoms with Crippen molar-refractivity contribution in [2.75, 3.05) is 0 Å². The predicted octanol–water partition coefficient (Wildman–Crippen LogP) is 4.86. The van der Waals surface area contributed by atoms with Crippen LogP contribution in [0.4, 0.5) is 4.39 Å². The molecule has 1 aromatic carbocycles. The molecule has 0 fully saturated rings. The molecule has 2 rings (SSSR count). The maximum Gasteiger partial charge on any atom is 0.150 e. The average molecular weight is 251 g/mol. The Morgan fingerprint density at radius 3 is 2.41 bits per heavy atom. The topological polar surface area (TPSA) is 12.9 Å². The third-order valence-electron chi connectivity index (χ3n) is 2.78. The van der Waals surface area contributed by atoms with Crippen LogP contribution in [0.2, 0.25) is 0 Å². The Bertz CT molecular complexity index is 549. The van der Waals surface area contributed by atoms with E-state index in [1.165, 1.54) is 0 Å². The second kappa shape index (κ2) is 4.05. The second-order valence-corrected chi connectivity index (χ2v) is 6.80. The summed E-state index contributed by atoms with van der Waals surface area (Å²) in [4.78, 5) is 4.43. The lowest BCUT2D eigenvalue weighted by Gasteiger charge is -2.13. The fourth-order valence-electron chi connectivity index (χ4n) is 1.66. The average Bonchev–Trinajstić information content (AvgIpc) is 2.60. The summed E-state index contributed by atoms with van der Waals surface area (Å²) >= 11 is 1.60. The first-order valence-electron chi connectivity index (χ1n) is 5.89. The highest BCUT2D eigenvalue weighted by molar-refractivity contribution is 7.18. The van der Waals surface area contributed by atoms with Gasteiger partial charge in [0.25, 0.3) is 0 Å². The Morgan fingerprint density at radius 2 is 1.88 bits per heavy atom. The Morgan fingerprint density at radius 1 is 1.24 bits per heavy atom. The molecule has 0 amide bonds. The molecule has 0 saturated heterocycles. The lowest BCUT2D eigenvalue weighted by Crippen LogP contribution is -2.09. The molecule has 0 radical (unpaired) electrons. The number of hydrogen-bond donors (Lipinski definition) is 0. The Hall–Kier alpha value is -0.960. The minimum absolute atomic E-state index is 0.0197. The van der Waals surface area contributed by atoms with Gasteiger partial charge in [-0.3, -0.25) is 0 Å². The zero-order valence-corrected chi connectivity index (χ0v) is 11.8. The van der Waals surface area contributed by atoms with E-state index in [-0.39, 0.29) is 11.2 Å². The molecule has 0 aliphatic carbocycles. The summed E-state index contributed by atoms with van der Waals surface area (Å²) in [5.41, 5.74) is 1.54. The highest BCUT2D eigenvalue weighted by Crippen LogP contribution is 2.34. The summed E-state index contributed by atoms with van der Waals surface area (Å²) in [7, 11) is 0. The first-order valence-corrected chi connectivity index (χ1v) is 6.71. The van der Waals surface area contributed by atoms with Crippen molar-refractivity contribution in [2.24, 2.45) is 0 Å². The van der Waals surface area contributed by atoms with Gasteiger partial charge in [-0.1, -0.05) is 34.6 Å². The van der Waals surface area contributed by atoms with E-state index in [0.717, 1.165) is 15.3 Å². The summed E-state index contributed by atoms with van der Waals surface area (Å²) in [6.07, 6.45) is 0. The molecule has 0 saturated carbocycles. The largest absolute Gasteiger partial charge is 0.238 e. The first-order chi connectivity index (χ1) is 7.79. The Labute approximate surface area is 106 Å². The fourth-order valence-corrected chi connectivity index (χ4v) is 2.75. The standard InChI is InChI=1S/C14H18FNS/c1-8(2)9-6-10(15)12-11(7-9)17-13(16-12)14(3,4)5/h6-8H,1-5H3. The number of aromatic nitrogens is 1. The Balaban J connectivity index is 2.65. The van der Waals surface area contributed by atoms with E-state index in [9.17, 15) is 4.39 Å². The zero-order valence-electron chi connectivity index (χ0n) is 11.0. The Kier molecular flexibility index (Phi) is 2.98. The van der Waals surface area contributed by atoms with E-state index in [1.54, 1.807) is 17.4 Å². The van der Waals surface area contributed by atoms with E-state index in [1.807, 2.05) is 0 Å². The van der Waals surface area contributed by atoms with Crippen LogP contribution in [0.1, 0.15) is 51.1 Å². The molecule has 0 aliphatic heterocycles. The van der Waals surface area contributed by atoms with Gasteiger partial charge in [-0.05, 0) is 23.6 Å². The molecule has 0 aliphatic rings. The molecule has 0 N–H and O–H groups in total. The predicted molar refractivity (Wildman–Crippen MR) is 72.4 cm³/mol. The lowest BCUT2D eigenvalue weighted by atomic mass is 9.98. The van der Waals surface area contributed by atoms with Crippen LogP contribution in [-0.4, -0.2) is 4.98 Å². The lowest BCUT2D eigenvalue weighted by molar-refractivity contribution is 0.584. The van der Waals surface area contributed by atoms with Gasteiger partial charge in [0.05, 0.1) is 9.71 Å². The summed E-state index contributed by atoms with van der Waals surface area (Å²) in [6.45, 7) is 10.5. The van der Waals surface area contributed by atoms with Gasteiger partial charge in [0.15, 0.2) is 5.82 Å². The van der Waals surface area contributed by atoms with Crippen molar-refractivity contribution in [3.05, 3.63) is 28.5 Å². The quantitative estimate of drug-likeness (QED) is 0.705. The SMILES string of the molecule is CC(C)c1cc(F)c2nc(C(C)(C)C)sc2c1. The minimum atomic E-state index is -0.196. The zero-order chi connectivity index (χ0) is 12.8. The highest BCUT2D eigenvalue weighted by Gasteiger charge is 2.20. The molecular weight excluding hydrogens is 233 g/mol. The van der Waals surface area contributed by atoms with Gasteiger partial charge in [-0.2, -0.15) is 0 Å². The molecule has 0 bridgehead atoms. The first kappa shape index (κ1) is 12.5. The van der Waals surface area contributed by atoms with Crippen LogP contribution in [0.3, 0.4) is 0 Å². The monoisotopic (exact) mass is 251 g/mol. The van der Waals surface area contributed by atoms with Crippen LogP contribution in [0.15, 0.2) is 12.1 Å². The van der Waals surface area contributed by atoms with Crippen LogP contribution in [0.25, 0.3) is 10.2 Å². The number of halogens is 1. The molecule has 2 aromatic rings. The molecule has 1 heterocycles. The molecule has 0 spiro atoms. The van der Waals surface area contributed by atoms with Crippen molar-refractivity contribution in [3.8, 4) is 0 Å². The fraction of sp³-hybridized carbons (Fsp3) is 0.500. The van der Waals surface area contributed by atoms with Gasteiger partial charge >= 0.3 is 0 Å². The maximum atomic E-state index is 14.0. The van der Waals surface area contributed by atoms with Crippen LogP contribution >= 0.6 is 11.3 Å². The van der Waals surface area contributed by atoms with E-state index in [4.69, 9.17) is 0 Å². The van der Waals surface area contributed by atoms with Crippen LogP contribution in [0, 0.1) is 5.82 Å². The summed E-state index contributed by atoms with van der Waals surface area (Å²) in [6, 6.07) is 3.68. The third-order valence-corrected chi connectivity index (χ3v) is 4.21. The molecular formula is C14H18FNS. The van der Waals surface area contributed by atoms with Gasteiger partial charge in [0, 0.05) is 5.41 Å². The van der Waals surface area contributed by atoms with Gasteiger partial charge in [0.1, 0.15) is 5.52 Å². The number of benzene rings is 1. The van der Waals surface area contributed by atoms with Crippen LogP contribution in [0.5, 0.6) is 0 Å². The number of rotatable bonds is 1. The van der Waals surface area contributed by atoms with Crippen molar-refractivity contribution >= 4 is 21.6 Å². The maximum absolute atomic E-state index is 14.0. The molecule has 17 heavy (non-hydrogen) atoms. The second-order valence-electron chi connectivity index (χ2n) is 5.77. The third kappa shape index (κ3) is 2.34. The summed E-state index contributed by atoms with van der Waals surface area (Å²) < 4.78 is 14.9. The molecule has 1 nitrogen and oxygen atoms in total. The van der Waals surface area contributed by atoms with Crippen molar-refractivity contribution < 1.29 is 4.39 Å². The minimum Gasteiger partial charge on any atom is -0.238 e. The number of thiazole rings is 1. The van der Waals surface area contributed by atoms with Gasteiger partial charge in [-0.15, -0.1) is 11.3 Å². The summed E-state index contributed by atoms with van der Waals surface area (Å²) in [5.74, 6) is 0.145.